The molecule has 0 aliphatic rings. The molecule has 0 spiro atoms. The molecule has 0 aliphatic heterocycles. The van der Waals surface area contributed by atoms with E-state index in [0.29, 0.717) is 23.5 Å². The van der Waals surface area contributed by atoms with Crippen molar-refractivity contribution in [1.29, 1.82) is 0 Å². The van der Waals surface area contributed by atoms with Gasteiger partial charge in [-0.25, -0.2) is 0 Å². The van der Waals surface area contributed by atoms with Gasteiger partial charge < -0.3 is 24.8 Å². The van der Waals surface area contributed by atoms with Crippen molar-refractivity contribution in [2.24, 2.45) is 0 Å². The van der Waals surface area contributed by atoms with Gasteiger partial charge in [-0.15, -0.1) is 0 Å². The average Bonchev–Trinajstić information content (AvgIpc) is 2.71. The summed E-state index contributed by atoms with van der Waals surface area (Å²) in [5, 5.41) is 5.16. The first-order valence-electron chi connectivity index (χ1n) is 8.83. The Bertz CT molecular complexity index is 845. The summed E-state index contributed by atoms with van der Waals surface area (Å²) in [5.41, 5.74) is 0.950. The summed E-state index contributed by atoms with van der Waals surface area (Å²) in [7, 11) is 1.33. The lowest BCUT2D eigenvalue weighted by Crippen LogP contribution is -2.36. The summed E-state index contributed by atoms with van der Waals surface area (Å²) >= 11 is 0. The van der Waals surface area contributed by atoms with Gasteiger partial charge in [0.1, 0.15) is 5.75 Å². The Hall–Kier alpha value is -3.36. The van der Waals surface area contributed by atoms with E-state index in [4.69, 9.17) is 9.47 Å². The van der Waals surface area contributed by atoms with E-state index in [1.54, 1.807) is 24.3 Å². The van der Waals surface area contributed by atoms with Gasteiger partial charge in [-0.05, 0) is 36.8 Å². The van der Waals surface area contributed by atoms with E-state index < -0.39 is 18.4 Å². The van der Waals surface area contributed by atoms with Crippen LogP contribution < -0.4 is 24.8 Å². The summed E-state index contributed by atoms with van der Waals surface area (Å²) in [6, 6.07) is 11.1. The molecule has 9 heteroatoms. The number of carbonyl (C=O) groups is 2. The molecule has 0 aliphatic carbocycles. The molecule has 2 amide bonds. The maximum Gasteiger partial charge on any atom is 0.387 e. The molecule has 0 fully saturated rings. The maximum absolute atomic E-state index is 12.4. The number of carbonyl (C=O) groups excluding carboxylic acids is 2. The first kappa shape index (κ1) is 21.9. The third-order valence-electron chi connectivity index (χ3n) is 3.77. The lowest BCUT2D eigenvalue weighted by atomic mass is 10.2. The molecule has 29 heavy (non-hydrogen) atoms. The fourth-order valence-corrected chi connectivity index (χ4v) is 2.47. The molecule has 0 radical (unpaired) electrons. The first-order chi connectivity index (χ1) is 13.9. The largest absolute Gasteiger partial charge is 0.493 e. The Morgan fingerprint density at radius 2 is 1.79 bits per heavy atom. The van der Waals surface area contributed by atoms with Gasteiger partial charge in [-0.3, -0.25) is 9.59 Å². The number of halogens is 2. The van der Waals surface area contributed by atoms with Crippen molar-refractivity contribution >= 4 is 11.8 Å². The van der Waals surface area contributed by atoms with Crippen LogP contribution in [-0.4, -0.2) is 38.7 Å². The number of para-hydroxylation sites is 1. The van der Waals surface area contributed by atoms with Gasteiger partial charge in [0, 0.05) is 6.54 Å². The van der Waals surface area contributed by atoms with Gasteiger partial charge in [0.05, 0.1) is 25.8 Å². The number of rotatable bonds is 10. The standard InChI is InChI=1S/C20H22F2N2O5/c1-3-28-15-7-5-4-6-14(15)19(26)24-12-18(25)23-11-13-8-9-16(29-20(21)22)17(10-13)27-2/h4-10,20H,3,11-12H2,1-2H3,(H,23,25)(H,24,26). The van der Waals surface area contributed by atoms with E-state index in [1.165, 1.54) is 25.3 Å². The van der Waals surface area contributed by atoms with Crippen molar-refractivity contribution in [3.05, 3.63) is 53.6 Å². The van der Waals surface area contributed by atoms with Crippen molar-refractivity contribution in [2.45, 2.75) is 20.1 Å². The summed E-state index contributed by atoms with van der Waals surface area (Å²) in [5.74, 6) is -0.389. The van der Waals surface area contributed by atoms with Crippen LogP contribution in [0.5, 0.6) is 17.2 Å². The van der Waals surface area contributed by atoms with Crippen LogP contribution in [0.4, 0.5) is 8.78 Å². The molecule has 0 bridgehead atoms. The van der Waals surface area contributed by atoms with E-state index in [9.17, 15) is 18.4 Å². The topological polar surface area (TPSA) is 85.9 Å². The van der Waals surface area contributed by atoms with E-state index in [-0.39, 0.29) is 24.6 Å². The number of hydrogen-bond donors (Lipinski definition) is 2. The fraction of sp³-hybridized carbons (Fsp3) is 0.300. The summed E-state index contributed by atoms with van der Waals surface area (Å²) in [6.07, 6.45) is 0. The lowest BCUT2D eigenvalue weighted by Gasteiger charge is -2.12. The van der Waals surface area contributed by atoms with Crippen molar-refractivity contribution in [3.8, 4) is 17.2 Å². The van der Waals surface area contributed by atoms with Crippen molar-refractivity contribution in [1.82, 2.24) is 10.6 Å². The van der Waals surface area contributed by atoms with E-state index >= 15 is 0 Å². The lowest BCUT2D eigenvalue weighted by molar-refractivity contribution is -0.120. The highest BCUT2D eigenvalue weighted by Crippen LogP contribution is 2.29. The molecule has 2 rings (SSSR count). The number of ether oxygens (including phenoxy) is 3. The highest BCUT2D eigenvalue weighted by Gasteiger charge is 2.14. The zero-order valence-corrected chi connectivity index (χ0v) is 16.0. The van der Waals surface area contributed by atoms with Crippen LogP contribution in [0.15, 0.2) is 42.5 Å². The molecule has 0 saturated carbocycles. The maximum atomic E-state index is 12.4. The number of alkyl halides is 2. The molecule has 0 unspecified atom stereocenters. The Labute approximate surface area is 167 Å². The molecule has 2 N–H and O–H groups in total. The Morgan fingerprint density at radius 3 is 2.48 bits per heavy atom. The highest BCUT2D eigenvalue weighted by molar-refractivity contribution is 5.98. The molecular weight excluding hydrogens is 386 g/mol. The van der Waals surface area contributed by atoms with E-state index in [1.807, 2.05) is 6.92 Å². The molecule has 2 aromatic rings. The van der Waals surface area contributed by atoms with E-state index in [2.05, 4.69) is 15.4 Å². The zero-order valence-electron chi connectivity index (χ0n) is 16.0. The zero-order chi connectivity index (χ0) is 21.2. The smallest absolute Gasteiger partial charge is 0.387 e. The average molecular weight is 408 g/mol. The normalized spacial score (nSPS) is 10.4. The molecule has 0 saturated heterocycles. The molecule has 0 atom stereocenters. The number of benzene rings is 2. The minimum absolute atomic E-state index is 0.0993. The Kier molecular flexibility index (Phi) is 8.20. The second-order valence-corrected chi connectivity index (χ2v) is 5.75. The van der Waals surface area contributed by atoms with Gasteiger partial charge >= 0.3 is 6.61 Å². The number of methoxy groups -OCH3 is 1. The second-order valence-electron chi connectivity index (χ2n) is 5.75. The number of amides is 2. The SMILES string of the molecule is CCOc1ccccc1C(=O)NCC(=O)NCc1ccc(OC(F)F)c(OC)c1. The van der Waals surface area contributed by atoms with E-state index in [0.717, 1.165) is 0 Å². The molecule has 0 heterocycles. The van der Waals surface area contributed by atoms with Crippen molar-refractivity contribution < 1.29 is 32.6 Å². The third kappa shape index (κ3) is 6.63. The Morgan fingerprint density at radius 1 is 1.03 bits per heavy atom. The predicted molar refractivity (Wildman–Crippen MR) is 101 cm³/mol. The highest BCUT2D eigenvalue weighted by atomic mass is 19.3. The van der Waals surface area contributed by atoms with Crippen molar-refractivity contribution in [3.63, 3.8) is 0 Å². The van der Waals surface area contributed by atoms with Crippen LogP contribution in [0.1, 0.15) is 22.8 Å². The van der Waals surface area contributed by atoms with Crippen LogP contribution in [-0.2, 0) is 11.3 Å². The second kappa shape index (κ2) is 10.8. The van der Waals surface area contributed by atoms with Crippen LogP contribution in [0.2, 0.25) is 0 Å². The first-order valence-corrected chi connectivity index (χ1v) is 8.83. The minimum atomic E-state index is -2.97. The summed E-state index contributed by atoms with van der Waals surface area (Å²) < 4.78 is 39.5. The predicted octanol–water partition coefficient (Wildman–Crippen LogP) is 2.74. The van der Waals surface area contributed by atoms with Gasteiger partial charge in [-0.1, -0.05) is 18.2 Å². The summed E-state index contributed by atoms with van der Waals surface area (Å²) in [6.45, 7) is -0.858. The van der Waals surface area contributed by atoms with Crippen LogP contribution in [0.3, 0.4) is 0 Å². The Balaban J connectivity index is 1.88. The van der Waals surface area contributed by atoms with Gasteiger partial charge in [-0.2, -0.15) is 8.78 Å². The molecule has 7 nitrogen and oxygen atoms in total. The number of hydrogen-bond acceptors (Lipinski definition) is 5. The van der Waals surface area contributed by atoms with Crippen LogP contribution in [0, 0.1) is 0 Å². The fourth-order valence-electron chi connectivity index (χ4n) is 2.47. The third-order valence-corrected chi connectivity index (χ3v) is 3.77. The van der Waals surface area contributed by atoms with Gasteiger partial charge in [0.25, 0.3) is 5.91 Å². The molecular formula is C20H22F2N2O5. The van der Waals surface area contributed by atoms with Gasteiger partial charge in [0.15, 0.2) is 11.5 Å². The monoisotopic (exact) mass is 408 g/mol. The van der Waals surface area contributed by atoms with Crippen LogP contribution >= 0.6 is 0 Å². The summed E-state index contributed by atoms with van der Waals surface area (Å²) in [4.78, 5) is 24.3. The van der Waals surface area contributed by atoms with Crippen molar-refractivity contribution in [2.75, 3.05) is 20.3 Å². The minimum Gasteiger partial charge on any atom is -0.493 e. The van der Waals surface area contributed by atoms with Crippen LogP contribution in [0.25, 0.3) is 0 Å². The quantitative estimate of drug-likeness (QED) is 0.632. The molecule has 156 valence electrons. The van der Waals surface area contributed by atoms with Gasteiger partial charge in [0.2, 0.25) is 5.91 Å². The number of nitrogens with one attached hydrogen (secondary N) is 2. The molecule has 2 aromatic carbocycles. The molecule has 0 aromatic heterocycles.